The van der Waals surface area contributed by atoms with Crippen molar-refractivity contribution in [2.45, 2.75) is 45.1 Å². The molecule has 4 N–H and O–H groups in total. The molecular weight excluding hydrogens is 398 g/mol. The molecule has 4 rings (SSSR count). The van der Waals surface area contributed by atoms with Crippen molar-refractivity contribution in [3.05, 3.63) is 59.7 Å². The number of carbonyl (C=O) groups excluding carboxylic acids is 2. The van der Waals surface area contributed by atoms with Crippen LogP contribution in [0, 0.1) is 24.7 Å². The van der Waals surface area contributed by atoms with E-state index in [4.69, 9.17) is 5.73 Å². The van der Waals surface area contributed by atoms with Gasteiger partial charge >= 0.3 is 0 Å². The number of fused-ring (bicyclic) bond motifs is 2. The first-order valence-electron chi connectivity index (χ1n) is 10.5. The number of nitrogens with two attached hydrogens (primary N) is 1. The fourth-order valence-corrected chi connectivity index (χ4v) is 4.86. The van der Waals surface area contributed by atoms with Crippen LogP contribution in [0.2, 0.25) is 0 Å². The highest BCUT2D eigenvalue weighted by Crippen LogP contribution is 2.42. The number of amides is 2. The minimum Gasteiger partial charge on any atom is -0.327 e. The molecule has 2 amide bonds. The zero-order valence-corrected chi connectivity index (χ0v) is 18.1. The molecule has 160 valence electrons. The van der Waals surface area contributed by atoms with Gasteiger partial charge in [-0.1, -0.05) is 30.7 Å². The highest BCUT2D eigenvalue weighted by atomic mass is 35.5. The summed E-state index contributed by atoms with van der Waals surface area (Å²) in [6, 6.07) is 15.0. The lowest BCUT2D eigenvalue weighted by Crippen LogP contribution is -2.48. The summed E-state index contributed by atoms with van der Waals surface area (Å²) >= 11 is 0. The van der Waals surface area contributed by atoms with Crippen LogP contribution in [0.3, 0.4) is 0 Å². The van der Waals surface area contributed by atoms with Crippen molar-refractivity contribution in [1.29, 1.82) is 0 Å². The molecule has 0 aromatic heterocycles. The van der Waals surface area contributed by atoms with Gasteiger partial charge in [0.1, 0.15) is 0 Å². The minimum absolute atomic E-state index is 0. The number of carbonyl (C=O) groups is 2. The molecule has 2 aliphatic carbocycles. The van der Waals surface area contributed by atoms with E-state index in [1.807, 2.05) is 43.3 Å². The summed E-state index contributed by atoms with van der Waals surface area (Å²) in [7, 11) is 0. The Morgan fingerprint density at radius 2 is 1.63 bits per heavy atom. The molecule has 2 fully saturated rings. The van der Waals surface area contributed by atoms with Gasteiger partial charge in [0.25, 0.3) is 5.91 Å². The lowest BCUT2D eigenvalue weighted by molar-refractivity contribution is -0.122. The van der Waals surface area contributed by atoms with E-state index in [1.165, 1.54) is 6.42 Å². The molecule has 2 saturated carbocycles. The van der Waals surface area contributed by atoms with Crippen molar-refractivity contribution >= 4 is 35.6 Å². The zero-order valence-electron chi connectivity index (χ0n) is 17.3. The third-order valence-electron chi connectivity index (χ3n) is 6.57. The molecule has 2 bridgehead atoms. The molecular formula is C24H30ClN3O2. The smallest absolute Gasteiger partial charge is 0.255 e. The monoisotopic (exact) mass is 427 g/mol. The summed E-state index contributed by atoms with van der Waals surface area (Å²) in [4.78, 5) is 25.6. The van der Waals surface area contributed by atoms with Crippen LogP contribution in [-0.2, 0) is 4.79 Å². The number of halogens is 1. The highest BCUT2D eigenvalue weighted by molar-refractivity contribution is 6.05. The van der Waals surface area contributed by atoms with Gasteiger partial charge in [-0.25, -0.2) is 0 Å². The first-order valence-corrected chi connectivity index (χ1v) is 10.5. The fourth-order valence-electron chi connectivity index (χ4n) is 4.86. The molecule has 2 aliphatic rings. The van der Waals surface area contributed by atoms with Gasteiger partial charge in [0.05, 0.1) is 0 Å². The average Bonchev–Trinajstić information content (AvgIpc) is 2.70. The normalized spacial score (nSPS) is 25.0. The number of aryl methyl sites for hydroxylation is 1. The van der Waals surface area contributed by atoms with Gasteiger partial charge < -0.3 is 16.4 Å². The van der Waals surface area contributed by atoms with Crippen LogP contribution in [0.4, 0.5) is 11.4 Å². The van der Waals surface area contributed by atoms with E-state index < -0.39 is 0 Å². The van der Waals surface area contributed by atoms with Crippen molar-refractivity contribution in [3.63, 3.8) is 0 Å². The molecule has 0 heterocycles. The largest absolute Gasteiger partial charge is 0.327 e. The van der Waals surface area contributed by atoms with Crippen LogP contribution in [0.1, 0.15) is 48.0 Å². The summed E-state index contributed by atoms with van der Waals surface area (Å²) in [6.45, 7) is 1.94. The Morgan fingerprint density at radius 1 is 0.967 bits per heavy atom. The molecule has 2 aromatic rings. The van der Waals surface area contributed by atoms with Crippen LogP contribution in [0.5, 0.6) is 0 Å². The second kappa shape index (κ2) is 9.63. The van der Waals surface area contributed by atoms with Crippen LogP contribution in [-0.4, -0.2) is 17.9 Å². The van der Waals surface area contributed by atoms with Crippen molar-refractivity contribution in [3.8, 4) is 0 Å². The maximum Gasteiger partial charge on any atom is 0.255 e. The quantitative estimate of drug-likeness (QED) is 0.657. The lowest BCUT2D eigenvalue weighted by Gasteiger charge is -2.43. The minimum atomic E-state index is -0.190. The Bertz CT molecular complexity index is 889. The summed E-state index contributed by atoms with van der Waals surface area (Å²) in [6.07, 6.45) is 5.24. The molecule has 5 nitrogen and oxygen atoms in total. The van der Waals surface area contributed by atoms with E-state index in [1.54, 1.807) is 12.1 Å². The van der Waals surface area contributed by atoms with Crippen molar-refractivity contribution in [2.75, 3.05) is 10.6 Å². The summed E-state index contributed by atoms with van der Waals surface area (Å²) in [5, 5.41) is 5.97. The molecule has 6 heteroatoms. The molecule has 0 spiro atoms. The highest BCUT2D eigenvalue weighted by Gasteiger charge is 2.40. The zero-order chi connectivity index (χ0) is 20.4. The van der Waals surface area contributed by atoms with Gasteiger partial charge in [-0.3, -0.25) is 9.59 Å². The Hall–Kier alpha value is -2.37. The van der Waals surface area contributed by atoms with Crippen molar-refractivity contribution in [2.24, 2.45) is 23.5 Å². The second-order valence-corrected chi connectivity index (χ2v) is 8.54. The Kier molecular flexibility index (Phi) is 7.16. The molecule has 0 radical (unpaired) electrons. The Morgan fingerprint density at radius 3 is 2.30 bits per heavy atom. The van der Waals surface area contributed by atoms with Crippen LogP contribution < -0.4 is 16.4 Å². The average molecular weight is 428 g/mol. The van der Waals surface area contributed by atoms with E-state index in [-0.39, 0.29) is 36.2 Å². The van der Waals surface area contributed by atoms with E-state index >= 15 is 0 Å². The maximum atomic E-state index is 13.0. The van der Waals surface area contributed by atoms with Gasteiger partial charge in [0, 0.05) is 28.9 Å². The number of hydrogen-bond donors (Lipinski definition) is 3. The van der Waals surface area contributed by atoms with Gasteiger partial charge in [-0.05, 0) is 74.3 Å². The fraction of sp³-hybridized carbons (Fsp3) is 0.417. The second-order valence-electron chi connectivity index (χ2n) is 8.54. The van der Waals surface area contributed by atoms with Crippen LogP contribution >= 0.6 is 12.4 Å². The topological polar surface area (TPSA) is 84.2 Å². The molecule has 2 unspecified atom stereocenters. The summed E-state index contributed by atoms with van der Waals surface area (Å²) < 4.78 is 0. The first-order chi connectivity index (χ1) is 14.0. The van der Waals surface area contributed by atoms with Gasteiger partial charge in [0.2, 0.25) is 5.91 Å². The third-order valence-corrected chi connectivity index (χ3v) is 6.57. The van der Waals surface area contributed by atoms with Gasteiger partial charge in [0.15, 0.2) is 0 Å². The van der Waals surface area contributed by atoms with Crippen molar-refractivity contribution < 1.29 is 9.59 Å². The Labute approximate surface area is 184 Å². The predicted octanol–water partition coefficient (Wildman–Crippen LogP) is 4.76. The molecule has 2 atom stereocenters. The summed E-state index contributed by atoms with van der Waals surface area (Å²) in [5.74, 6) is 0.790. The Balaban J connectivity index is 0.00000256. The van der Waals surface area contributed by atoms with Gasteiger partial charge in [-0.2, -0.15) is 0 Å². The molecule has 30 heavy (non-hydrogen) atoms. The van der Waals surface area contributed by atoms with Crippen LogP contribution in [0.25, 0.3) is 0 Å². The van der Waals surface area contributed by atoms with E-state index in [2.05, 4.69) is 10.6 Å². The number of rotatable bonds is 4. The van der Waals surface area contributed by atoms with Crippen LogP contribution in [0.15, 0.2) is 48.5 Å². The number of hydrogen-bond acceptors (Lipinski definition) is 3. The number of anilines is 2. The van der Waals surface area contributed by atoms with E-state index in [9.17, 15) is 9.59 Å². The molecule has 2 aromatic carbocycles. The third kappa shape index (κ3) is 4.85. The first kappa shape index (κ1) is 22.3. The van der Waals surface area contributed by atoms with E-state index in [0.29, 0.717) is 23.1 Å². The summed E-state index contributed by atoms with van der Waals surface area (Å²) in [5.41, 5.74) is 9.28. The molecule has 0 saturated heterocycles. The van der Waals surface area contributed by atoms with Crippen molar-refractivity contribution in [1.82, 2.24) is 0 Å². The van der Waals surface area contributed by atoms with Gasteiger partial charge in [-0.15, -0.1) is 12.4 Å². The number of nitrogens with one attached hydrogen (secondary N) is 2. The maximum absolute atomic E-state index is 13.0. The standard InChI is InChI=1S/C24H29N3O2.ClH/c1-15-10-11-18(23(28)26-20-8-3-2-4-9-20)14-21(15)27-24(29)19-12-16-6-5-7-17(13-19)22(16)25;/h2-4,8-11,14,16-17,19,22H,5-7,12-13,25H2,1H3,(H,26,28)(H,27,29);1H. The number of benzene rings is 2. The van der Waals surface area contributed by atoms with E-state index in [0.717, 1.165) is 36.9 Å². The SMILES string of the molecule is Cc1ccc(C(=O)Nc2ccccc2)cc1NC(=O)C1CC2CCCC(C1)C2N.Cl. The molecule has 0 aliphatic heterocycles. The number of para-hydroxylation sites is 1. The predicted molar refractivity (Wildman–Crippen MR) is 123 cm³/mol. The lowest BCUT2D eigenvalue weighted by atomic mass is 9.65.